The number of benzene rings is 3. The molecule has 3 nitrogen and oxygen atoms in total. The normalized spacial score (nSPS) is 11.0. The van der Waals surface area contributed by atoms with Crippen LogP contribution in [0.25, 0.3) is 22.6 Å². The number of oxazole rings is 1. The van der Waals surface area contributed by atoms with Crippen LogP contribution in [0.2, 0.25) is 0 Å². The molecule has 4 rings (SSSR count). The Morgan fingerprint density at radius 2 is 1.79 bits per heavy atom. The smallest absolute Gasteiger partial charge is 0.227 e. The van der Waals surface area contributed by atoms with Gasteiger partial charge in [0, 0.05) is 27.7 Å². The summed E-state index contributed by atoms with van der Waals surface area (Å²) in [6.07, 6.45) is 0.818. The Hall–Kier alpha value is -2.59. The van der Waals surface area contributed by atoms with Gasteiger partial charge < -0.3 is 10.2 Å². The monoisotopic (exact) mass is 378 g/mol. The zero-order chi connectivity index (χ0) is 16.5. The number of nitrogens with two attached hydrogens (primary N) is 1. The summed E-state index contributed by atoms with van der Waals surface area (Å²) >= 11 is 3.45. The lowest BCUT2D eigenvalue weighted by atomic mass is 10.0. The van der Waals surface area contributed by atoms with Crippen LogP contribution in [0, 0.1) is 0 Å². The van der Waals surface area contributed by atoms with Crippen LogP contribution in [0.4, 0.5) is 5.69 Å². The fraction of sp³-hybridized carbons (Fsp3) is 0.0500. The van der Waals surface area contributed by atoms with E-state index in [1.165, 1.54) is 5.56 Å². The highest BCUT2D eigenvalue weighted by Gasteiger charge is 2.12. The number of anilines is 1. The minimum Gasteiger partial charge on any atom is -0.436 e. The van der Waals surface area contributed by atoms with Crippen LogP contribution >= 0.6 is 15.9 Å². The molecule has 2 N–H and O–H groups in total. The van der Waals surface area contributed by atoms with E-state index in [1.807, 2.05) is 48.5 Å². The van der Waals surface area contributed by atoms with Gasteiger partial charge in [-0.15, -0.1) is 0 Å². The van der Waals surface area contributed by atoms with Crippen LogP contribution in [-0.4, -0.2) is 4.98 Å². The van der Waals surface area contributed by atoms with E-state index in [4.69, 9.17) is 10.2 Å². The van der Waals surface area contributed by atoms with Crippen molar-refractivity contribution in [3.8, 4) is 11.5 Å². The van der Waals surface area contributed by atoms with Gasteiger partial charge in [0.2, 0.25) is 5.89 Å². The van der Waals surface area contributed by atoms with Crippen molar-refractivity contribution in [2.75, 3.05) is 5.73 Å². The first-order valence-corrected chi connectivity index (χ1v) is 8.48. The number of halogens is 1. The lowest BCUT2D eigenvalue weighted by molar-refractivity contribution is 0.616. The second-order valence-corrected chi connectivity index (χ2v) is 6.54. The molecule has 0 atom stereocenters. The van der Waals surface area contributed by atoms with Crippen LogP contribution in [0.3, 0.4) is 0 Å². The Balaban J connectivity index is 1.78. The summed E-state index contributed by atoms with van der Waals surface area (Å²) in [7, 11) is 0. The van der Waals surface area contributed by atoms with Gasteiger partial charge in [0.25, 0.3) is 0 Å². The Morgan fingerprint density at radius 3 is 2.58 bits per heavy atom. The van der Waals surface area contributed by atoms with Gasteiger partial charge in [-0.1, -0.05) is 42.5 Å². The molecule has 0 unspecified atom stereocenters. The number of nitrogens with zero attached hydrogens (tertiary/aromatic N) is 1. The van der Waals surface area contributed by atoms with E-state index in [9.17, 15) is 0 Å². The first-order valence-electron chi connectivity index (χ1n) is 7.68. The van der Waals surface area contributed by atoms with Gasteiger partial charge in [0.1, 0.15) is 5.52 Å². The fourth-order valence-electron chi connectivity index (χ4n) is 2.74. The van der Waals surface area contributed by atoms with Crippen LogP contribution in [0.1, 0.15) is 11.1 Å². The molecule has 3 aromatic carbocycles. The second kappa shape index (κ2) is 6.13. The van der Waals surface area contributed by atoms with Crippen molar-refractivity contribution in [3.63, 3.8) is 0 Å². The highest BCUT2D eigenvalue weighted by molar-refractivity contribution is 9.10. The molecule has 0 aliphatic carbocycles. The van der Waals surface area contributed by atoms with Crippen LogP contribution < -0.4 is 5.73 Å². The molecule has 0 amide bonds. The summed E-state index contributed by atoms with van der Waals surface area (Å²) in [4.78, 5) is 4.63. The Bertz CT molecular complexity index is 1010. The summed E-state index contributed by atoms with van der Waals surface area (Å²) < 4.78 is 6.92. The summed E-state index contributed by atoms with van der Waals surface area (Å²) in [5, 5.41) is 0. The average Bonchev–Trinajstić information content (AvgIpc) is 3.04. The van der Waals surface area contributed by atoms with Gasteiger partial charge in [0.05, 0.1) is 0 Å². The molecule has 4 heteroatoms. The molecule has 0 aliphatic rings. The highest BCUT2D eigenvalue weighted by atomic mass is 79.9. The van der Waals surface area contributed by atoms with E-state index < -0.39 is 0 Å². The van der Waals surface area contributed by atoms with E-state index in [0.717, 1.165) is 33.1 Å². The molecule has 0 fully saturated rings. The number of rotatable bonds is 3. The summed E-state index contributed by atoms with van der Waals surface area (Å²) in [5.74, 6) is 0.603. The third-order valence-corrected chi connectivity index (χ3v) is 4.67. The average molecular weight is 379 g/mol. The van der Waals surface area contributed by atoms with E-state index in [1.54, 1.807) is 0 Å². The molecular formula is C20H15BrN2O. The number of hydrogen-bond acceptors (Lipinski definition) is 3. The van der Waals surface area contributed by atoms with Gasteiger partial charge in [-0.3, -0.25) is 0 Å². The lowest BCUT2D eigenvalue weighted by Crippen LogP contribution is -1.87. The summed E-state index contributed by atoms with van der Waals surface area (Å²) in [6, 6.07) is 22.1. The zero-order valence-electron chi connectivity index (χ0n) is 12.9. The molecule has 0 aliphatic heterocycles. The highest BCUT2D eigenvalue weighted by Crippen LogP contribution is 2.31. The quantitative estimate of drug-likeness (QED) is 0.483. The van der Waals surface area contributed by atoms with Crippen molar-refractivity contribution < 1.29 is 4.42 Å². The first-order chi connectivity index (χ1) is 11.7. The number of fused-ring (bicyclic) bond motifs is 1. The van der Waals surface area contributed by atoms with Crippen molar-refractivity contribution in [1.29, 1.82) is 0 Å². The number of para-hydroxylation sites is 1. The number of aromatic nitrogens is 1. The van der Waals surface area contributed by atoms with Gasteiger partial charge >= 0.3 is 0 Å². The molecule has 0 bridgehead atoms. The minimum atomic E-state index is 0.603. The summed E-state index contributed by atoms with van der Waals surface area (Å²) in [6.45, 7) is 0. The summed E-state index contributed by atoms with van der Waals surface area (Å²) in [5.41, 5.74) is 11.5. The number of hydrogen-bond donors (Lipinski definition) is 1. The van der Waals surface area contributed by atoms with Gasteiger partial charge in [-0.05, 0) is 45.8 Å². The molecular weight excluding hydrogens is 364 g/mol. The Kier molecular flexibility index (Phi) is 3.82. The van der Waals surface area contributed by atoms with E-state index in [2.05, 4.69) is 39.1 Å². The standard InChI is InChI=1S/C20H15BrN2O/c21-16-12-15(9-10-17(16)22)20-23-18-8-4-7-14(19(18)24-20)11-13-5-2-1-3-6-13/h1-10,12H,11,22H2. The third kappa shape index (κ3) is 2.81. The maximum Gasteiger partial charge on any atom is 0.227 e. The second-order valence-electron chi connectivity index (χ2n) is 5.68. The molecule has 4 aromatic rings. The molecule has 1 heterocycles. The van der Waals surface area contributed by atoms with E-state index in [0.29, 0.717) is 11.6 Å². The van der Waals surface area contributed by atoms with Crippen molar-refractivity contribution in [3.05, 3.63) is 82.3 Å². The van der Waals surface area contributed by atoms with Gasteiger partial charge in [-0.25, -0.2) is 4.98 Å². The molecule has 118 valence electrons. The molecule has 1 aromatic heterocycles. The largest absolute Gasteiger partial charge is 0.436 e. The predicted octanol–water partition coefficient (Wildman–Crippen LogP) is 5.43. The fourth-order valence-corrected chi connectivity index (χ4v) is 3.12. The molecule has 0 spiro atoms. The van der Waals surface area contributed by atoms with Crippen molar-refractivity contribution in [1.82, 2.24) is 4.98 Å². The van der Waals surface area contributed by atoms with Crippen molar-refractivity contribution >= 4 is 32.7 Å². The Morgan fingerprint density at radius 1 is 0.958 bits per heavy atom. The van der Waals surface area contributed by atoms with Crippen molar-refractivity contribution in [2.24, 2.45) is 0 Å². The number of nitrogen functional groups attached to an aromatic ring is 1. The van der Waals surface area contributed by atoms with E-state index >= 15 is 0 Å². The van der Waals surface area contributed by atoms with Crippen LogP contribution in [0.15, 0.2) is 75.6 Å². The van der Waals surface area contributed by atoms with Crippen LogP contribution in [-0.2, 0) is 6.42 Å². The maximum absolute atomic E-state index is 6.08. The van der Waals surface area contributed by atoms with Crippen LogP contribution in [0.5, 0.6) is 0 Å². The topological polar surface area (TPSA) is 52.0 Å². The first kappa shape index (κ1) is 15.0. The van der Waals surface area contributed by atoms with Gasteiger partial charge in [0.15, 0.2) is 5.58 Å². The van der Waals surface area contributed by atoms with Gasteiger partial charge in [-0.2, -0.15) is 0 Å². The molecule has 0 saturated heterocycles. The molecule has 24 heavy (non-hydrogen) atoms. The maximum atomic E-state index is 6.08. The van der Waals surface area contributed by atoms with Crippen molar-refractivity contribution in [2.45, 2.75) is 6.42 Å². The lowest BCUT2D eigenvalue weighted by Gasteiger charge is -2.02. The third-order valence-electron chi connectivity index (χ3n) is 3.98. The predicted molar refractivity (Wildman–Crippen MR) is 101 cm³/mol. The Labute approximate surface area is 148 Å². The SMILES string of the molecule is Nc1ccc(-c2nc3cccc(Cc4ccccc4)c3o2)cc1Br. The molecule has 0 saturated carbocycles. The zero-order valence-corrected chi connectivity index (χ0v) is 14.5. The molecule has 0 radical (unpaired) electrons. The van der Waals surface area contributed by atoms with E-state index in [-0.39, 0.29) is 0 Å². The minimum absolute atomic E-state index is 0.603.